The van der Waals surface area contributed by atoms with Crippen molar-refractivity contribution in [1.29, 1.82) is 0 Å². The van der Waals surface area contributed by atoms with Crippen LogP contribution in [0.2, 0.25) is 5.02 Å². The summed E-state index contributed by atoms with van der Waals surface area (Å²) in [6.45, 7) is 0.767. The molecule has 39 heavy (non-hydrogen) atoms. The summed E-state index contributed by atoms with van der Waals surface area (Å²) in [4.78, 5) is 64.6. The Balaban J connectivity index is 1.79. The predicted molar refractivity (Wildman–Crippen MR) is 137 cm³/mol. The van der Waals surface area contributed by atoms with Crippen LogP contribution in [0.4, 0.5) is 4.39 Å². The number of hydrogen-bond acceptors (Lipinski definition) is 7. The molecular weight excluding hydrogens is 535 g/mol. The van der Waals surface area contributed by atoms with Crippen molar-refractivity contribution in [3.63, 3.8) is 0 Å². The molecule has 1 aromatic carbocycles. The van der Waals surface area contributed by atoms with Crippen LogP contribution in [0.15, 0.2) is 41.3 Å². The average Bonchev–Trinajstić information content (AvgIpc) is 2.86. The van der Waals surface area contributed by atoms with Crippen molar-refractivity contribution in [2.24, 2.45) is 5.92 Å². The maximum atomic E-state index is 14.4. The summed E-state index contributed by atoms with van der Waals surface area (Å²) in [5, 5.41) is 8.72. The van der Waals surface area contributed by atoms with E-state index in [0.29, 0.717) is 31.6 Å². The lowest BCUT2D eigenvalue weighted by Gasteiger charge is -2.54. The number of aromatic nitrogens is 1. The number of rotatable bonds is 9. The van der Waals surface area contributed by atoms with Crippen LogP contribution in [-0.4, -0.2) is 65.5 Å². The van der Waals surface area contributed by atoms with Crippen LogP contribution in [0.5, 0.6) is 5.75 Å². The lowest BCUT2D eigenvalue weighted by molar-refractivity contribution is -0.133. The number of ketones is 1. The molecule has 1 aliphatic heterocycles. The van der Waals surface area contributed by atoms with Crippen molar-refractivity contribution >= 4 is 35.2 Å². The monoisotopic (exact) mass is 560 g/mol. The van der Waals surface area contributed by atoms with E-state index in [-0.39, 0.29) is 47.1 Å². The molecule has 12 heteroatoms. The summed E-state index contributed by atoms with van der Waals surface area (Å²) in [5.41, 5.74) is -2.03. The molecule has 2 heterocycles. The molecule has 0 bridgehead atoms. The Hall–Kier alpha value is -3.83. The van der Waals surface area contributed by atoms with E-state index in [0.717, 1.165) is 0 Å². The van der Waals surface area contributed by atoms with E-state index in [2.05, 4.69) is 0 Å². The second-order valence-corrected chi connectivity index (χ2v) is 10.2. The van der Waals surface area contributed by atoms with E-state index in [1.807, 2.05) is 0 Å². The second-order valence-electron chi connectivity index (χ2n) is 9.76. The Kier molecular flexibility index (Phi) is 8.03. The fraction of sp³-hybridized carbons (Fsp3) is 0.370. The normalized spacial score (nSPS) is 20.2. The zero-order chi connectivity index (χ0) is 28.5. The van der Waals surface area contributed by atoms with E-state index in [4.69, 9.17) is 26.2 Å². The molecule has 4 rings (SSSR count). The molecule has 0 atom stereocenters. The van der Waals surface area contributed by atoms with Crippen molar-refractivity contribution < 1.29 is 38.1 Å². The van der Waals surface area contributed by atoms with E-state index in [9.17, 15) is 28.4 Å². The minimum Gasteiger partial charge on any atom is -0.478 e. The van der Waals surface area contributed by atoms with Gasteiger partial charge in [0.1, 0.15) is 5.82 Å². The summed E-state index contributed by atoms with van der Waals surface area (Å²) in [6.07, 6.45) is 3.27. The van der Waals surface area contributed by atoms with Crippen molar-refractivity contribution in [3.05, 3.63) is 74.4 Å². The number of benzene rings is 1. The molecule has 1 N–H and O–H groups in total. The molecule has 0 unspecified atom stereocenters. The Morgan fingerprint density at radius 2 is 1.95 bits per heavy atom. The van der Waals surface area contributed by atoms with E-state index in [1.165, 1.54) is 27.8 Å². The predicted octanol–water partition coefficient (Wildman–Crippen LogP) is 2.84. The number of nitrogens with zero attached hydrogens (tertiary/aromatic N) is 2. The fourth-order valence-corrected chi connectivity index (χ4v) is 5.52. The third kappa shape index (κ3) is 5.50. The summed E-state index contributed by atoms with van der Waals surface area (Å²) in [5.74, 6) is -5.04. The van der Waals surface area contributed by atoms with Crippen LogP contribution in [0.25, 0.3) is 0 Å². The Labute approximate surface area is 227 Å². The average molecular weight is 561 g/mol. The maximum Gasteiger partial charge on any atom is 0.336 e. The number of likely N-dealkylation sites (N-methyl/N-ethyl adjacent to an activating group) is 1. The highest BCUT2D eigenvalue weighted by atomic mass is 35.5. The standard InChI is InChI=1S/C27H26ClFN2O8/c1-30-14-27(10-15(11-27)13-38-2)31-12-17(19(32)7-6-16-4-3-5-18(28)22(16)29)24(36)25(23(31)26(30)37)39-21(35)9-8-20(33)34/h3-5,8-9,12,15H,6-7,10-11,13-14H2,1-2H3,(H,33,34)/b9-8+. The number of ether oxygens (including phenoxy) is 2. The van der Waals surface area contributed by atoms with Gasteiger partial charge in [0.2, 0.25) is 11.2 Å². The summed E-state index contributed by atoms with van der Waals surface area (Å²) in [6, 6.07) is 4.39. The van der Waals surface area contributed by atoms with Crippen LogP contribution in [0.1, 0.15) is 45.7 Å². The van der Waals surface area contributed by atoms with E-state index in [1.54, 1.807) is 20.2 Å². The summed E-state index contributed by atoms with van der Waals surface area (Å²) >= 11 is 5.83. The van der Waals surface area contributed by atoms with E-state index < -0.39 is 46.2 Å². The maximum absolute atomic E-state index is 14.4. The van der Waals surface area contributed by atoms with Crippen LogP contribution < -0.4 is 10.2 Å². The number of amides is 1. The number of halogens is 2. The Morgan fingerprint density at radius 3 is 2.62 bits per heavy atom. The minimum absolute atomic E-state index is 0.0500. The van der Waals surface area contributed by atoms with Crippen molar-refractivity contribution in [2.45, 2.75) is 31.2 Å². The van der Waals surface area contributed by atoms with Gasteiger partial charge in [0, 0.05) is 52.1 Å². The molecule has 1 aromatic heterocycles. The number of methoxy groups -OCH3 is 1. The van der Waals surface area contributed by atoms with Gasteiger partial charge in [-0.15, -0.1) is 0 Å². The smallest absolute Gasteiger partial charge is 0.336 e. The van der Waals surface area contributed by atoms with Gasteiger partial charge < -0.3 is 24.0 Å². The number of esters is 1. The van der Waals surface area contributed by atoms with Gasteiger partial charge in [0.05, 0.1) is 16.1 Å². The number of carbonyl (C=O) groups is 4. The molecule has 2 aromatic rings. The number of pyridine rings is 1. The molecule has 0 radical (unpaired) electrons. The number of fused-ring (bicyclic) bond motifs is 2. The van der Waals surface area contributed by atoms with E-state index >= 15 is 0 Å². The molecule has 206 valence electrons. The third-order valence-electron chi connectivity index (χ3n) is 7.01. The zero-order valence-corrected chi connectivity index (χ0v) is 22.0. The molecule has 1 amide bonds. The molecule has 1 saturated carbocycles. The second kappa shape index (κ2) is 11.1. The first kappa shape index (κ1) is 28.2. The molecule has 1 spiro atoms. The van der Waals surface area contributed by atoms with Gasteiger partial charge in [-0.3, -0.25) is 14.4 Å². The molecule has 1 aliphatic carbocycles. The number of carboxylic acid groups (broad SMARTS) is 1. The van der Waals surface area contributed by atoms with Crippen LogP contribution in [-0.2, 0) is 26.3 Å². The van der Waals surface area contributed by atoms with Gasteiger partial charge in [-0.25, -0.2) is 14.0 Å². The summed E-state index contributed by atoms with van der Waals surface area (Å²) in [7, 11) is 3.13. The zero-order valence-electron chi connectivity index (χ0n) is 21.2. The highest BCUT2D eigenvalue weighted by Crippen LogP contribution is 2.48. The number of aliphatic carboxylic acids is 1. The van der Waals surface area contributed by atoms with Gasteiger partial charge >= 0.3 is 11.9 Å². The van der Waals surface area contributed by atoms with Crippen LogP contribution >= 0.6 is 11.6 Å². The number of aryl methyl sites for hydroxylation is 1. The Morgan fingerprint density at radius 1 is 1.23 bits per heavy atom. The highest BCUT2D eigenvalue weighted by molar-refractivity contribution is 6.30. The largest absolute Gasteiger partial charge is 0.478 e. The first-order valence-electron chi connectivity index (χ1n) is 12.1. The Bertz CT molecular complexity index is 1440. The molecule has 10 nitrogen and oxygen atoms in total. The number of carboxylic acids is 1. The highest BCUT2D eigenvalue weighted by Gasteiger charge is 2.52. The fourth-order valence-electron chi connectivity index (χ4n) is 5.32. The van der Waals surface area contributed by atoms with Gasteiger partial charge in [0.15, 0.2) is 11.5 Å². The topological polar surface area (TPSA) is 132 Å². The van der Waals surface area contributed by atoms with Crippen LogP contribution in [0.3, 0.4) is 0 Å². The number of Topliss-reactive ketones (excluding diaryl/α,β-unsaturated/α-hetero) is 1. The number of carbonyl (C=O) groups excluding carboxylic acids is 3. The first-order valence-corrected chi connectivity index (χ1v) is 12.5. The SMILES string of the molecule is COCC1CC2(C1)CN(C)C(=O)c1c(OC(=O)/C=C/C(=O)O)c(=O)c(C(=O)CCc3cccc(Cl)c3F)cn12. The van der Waals surface area contributed by atoms with Gasteiger partial charge in [-0.2, -0.15) is 0 Å². The van der Waals surface area contributed by atoms with Crippen LogP contribution in [0, 0.1) is 11.7 Å². The lowest BCUT2D eigenvalue weighted by atomic mass is 9.67. The number of hydrogen-bond donors (Lipinski definition) is 1. The molecule has 1 fully saturated rings. The van der Waals surface area contributed by atoms with Crippen molar-refractivity contribution in [3.8, 4) is 5.75 Å². The molecule has 0 saturated heterocycles. The van der Waals surface area contributed by atoms with Crippen molar-refractivity contribution in [1.82, 2.24) is 9.47 Å². The molecular formula is C27H26ClFN2O8. The van der Waals surface area contributed by atoms with Crippen molar-refractivity contribution in [2.75, 3.05) is 27.3 Å². The van der Waals surface area contributed by atoms with Gasteiger partial charge in [-0.1, -0.05) is 23.7 Å². The first-order chi connectivity index (χ1) is 18.5. The summed E-state index contributed by atoms with van der Waals surface area (Å²) < 4.78 is 26.4. The minimum atomic E-state index is -1.42. The van der Waals surface area contributed by atoms with Gasteiger partial charge in [-0.05, 0) is 36.8 Å². The molecule has 2 aliphatic rings. The van der Waals surface area contributed by atoms with Gasteiger partial charge in [0.25, 0.3) is 5.91 Å². The quantitative estimate of drug-likeness (QED) is 0.281. The third-order valence-corrected chi connectivity index (χ3v) is 7.31. The lowest BCUT2D eigenvalue weighted by Crippen LogP contribution is -2.60.